The first-order valence-corrected chi connectivity index (χ1v) is 10.2. The van der Waals surface area contributed by atoms with Crippen LogP contribution in [0.1, 0.15) is 32.9 Å². The summed E-state index contributed by atoms with van der Waals surface area (Å²) in [5.41, 5.74) is 3.84. The Balaban J connectivity index is 1.37. The van der Waals surface area contributed by atoms with Crippen LogP contribution in [0.2, 0.25) is 0 Å². The third-order valence-corrected chi connectivity index (χ3v) is 6.81. The van der Waals surface area contributed by atoms with E-state index in [1.807, 2.05) is 18.9 Å². The van der Waals surface area contributed by atoms with E-state index < -0.39 is 0 Å². The molecule has 1 aromatic heterocycles. The number of amides is 1. The standard InChI is InChI=1S/C20H26N4OS/c1-14-18(26-20(21-2)22-14)19(25)24-11-9-23(10-12-24)17-8-7-15-5-3-4-6-16(15)13-17/h3-6,17H,7-13H2,1-2H3,(H,21,22)/t17-/m1/s1. The Labute approximate surface area is 159 Å². The molecule has 0 saturated carbocycles. The largest absolute Gasteiger partial charge is 0.365 e. The van der Waals surface area contributed by atoms with Crippen LogP contribution in [0.5, 0.6) is 0 Å². The molecule has 1 aliphatic heterocycles. The monoisotopic (exact) mass is 370 g/mol. The molecule has 4 rings (SSSR count). The van der Waals surface area contributed by atoms with Crippen LogP contribution in [-0.4, -0.2) is 60.0 Å². The van der Waals surface area contributed by atoms with Crippen molar-refractivity contribution in [3.8, 4) is 0 Å². The minimum atomic E-state index is 0.134. The molecule has 138 valence electrons. The molecule has 6 heteroatoms. The number of piperazine rings is 1. The lowest BCUT2D eigenvalue weighted by Gasteiger charge is -2.41. The molecule has 0 spiro atoms. The molecule has 0 radical (unpaired) electrons. The average molecular weight is 371 g/mol. The molecule has 1 fully saturated rings. The zero-order valence-corrected chi connectivity index (χ0v) is 16.3. The Morgan fingerprint density at radius 1 is 1.19 bits per heavy atom. The van der Waals surface area contributed by atoms with E-state index in [0.717, 1.165) is 48.3 Å². The fourth-order valence-corrected chi connectivity index (χ4v) is 5.01. The van der Waals surface area contributed by atoms with E-state index in [2.05, 4.69) is 39.5 Å². The zero-order valence-electron chi connectivity index (χ0n) is 15.5. The second kappa shape index (κ2) is 7.37. The van der Waals surface area contributed by atoms with E-state index in [-0.39, 0.29) is 5.91 Å². The number of nitrogens with zero attached hydrogens (tertiary/aromatic N) is 3. The van der Waals surface area contributed by atoms with Crippen molar-refractivity contribution in [2.75, 3.05) is 38.5 Å². The second-order valence-electron chi connectivity index (χ2n) is 7.18. The molecule has 5 nitrogen and oxygen atoms in total. The van der Waals surface area contributed by atoms with Gasteiger partial charge in [-0.2, -0.15) is 0 Å². The summed E-state index contributed by atoms with van der Waals surface area (Å²) in [5.74, 6) is 0.134. The first-order chi connectivity index (χ1) is 12.7. The highest BCUT2D eigenvalue weighted by atomic mass is 32.1. The number of hydrogen-bond acceptors (Lipinski definition) is 5. The van der Waals surface area contributed by atoms with Gasteiger partial charge in [-0.3, -0.25) is 9.69 Å². The van der Waals surface area contributed by atoms with Gasteiger partial charge in [-0.05, 0) is 37.3 Å². The van der Waals surface area contributed by atoms with Crippen LogP contribution in [0.4, 0.5) is 5.13 Å². The van der Waals surface area contributed by atoms with Crippen molar-refractivity contribution in [1.29, 1.82) is 0 Å². The number of rotatable bonds is 3. The Kier molecular flexibility index (Phi) is 4.96. The normalized spacial score (nSPS) is 20.7. The highest BCUT2D eigenvalue weighted by Gasteiger charge is 2.30. The van der Waals surface area contributed by atoms with E-state index in [9.17, 15) is 4.79 Å². The van der Waals surface area contributed by atoms with Gasteiger partial charge in [0.2, 0.25) is 0 Å². The van der Waals surface area contributed by atoms with Crippen LogP contribution in [-0.2, 0) is 12.8 Å². The predicted octanol–water partition coefficient (Wildman–Crippen LogP) is 2.81. The van der Waals surface area contributed by atoms with Crippen molar-refractivity contribution >= 4 is 22.4 Å². The molecule has 1 amide bonds. The lowest BCUT2D eigenvalue weighted by Crippen LogP contribution is -2.53. The summed E-state index contributed by atoms with van der Waals surface area (Å²) < 4.78 is 0. The van der Waals surface area contributed by atoms with Crippen LogP contribution in [0.3, 0.4) is 0 Å². The Morgan fingerprint density at radius 3 is 2.62 bits per heavy atom. The molecule has 1 aromatic carbocycles. The number of aryl methyl sites for hydroxylation is 2. The third kappa shape index (κ3) is 3.35. The van der Waals surface area contributed by atoms with Crippen molar-refractivity contribution in [2.24, 2.45) is 0 Å². The Bertz CT molecular complexity index is 795. The van der Waals surface area contributed by atoms with Crippen molar-refractivity contribution < 1.29 is 4.79 Å². The van der Waals surface area contributed by atoms with Crippen LogP contribution in [0, 0.1) is 6.92 Å². The molecule has 0 unspecified atom stereocenters. The van der Waals surface area contributed by atoms with E-state index in [1.165, 1.54) is 35.3 Å². The molecular formula is C20H26N4OS. The van der Waals surface area contributed by atoms with Crippen molar-refractivity contribution in [3.63, 3.8) is 0 Å². The molecule has 1 atom stereocenters. The van der Waals surface area contributed by atoms with Gasteiger partial charge in [-0.15, -0.1) is 0 Å². The molecule has 1 N–H and O–H groups in total. The molecule has 0 bridgehead atoms. The topological polar surface area (TPSA) is 48.5 Å². The number of anilines is 1. The van der Waals surface area contributed by atoms with Crippen molar-refractivity contribution in [2.45, 2.75) is 32.2 Å². The third-order valence-electron chi connectivity index (χ3n) is 5.64. The molecule has 1 aliphatic carbocycles. The maximum atomic E-state index is 12.8. The minimum absolute atomic E-state index is 0.134. The van der Waals surface area contributed by atoms with Crippen LogP contribution in [0.25, 0.3) is 0 Å². The van der Waals surface area contributed by atoms with Crippen molar-refractivity contribution in [3.05, 3.63) is 46.0 Å². The number of aromatic nitrogens is 1. The summed E-state index contributed by atoms with van der Waals surface area (Å²) in [6.45, 7) is 5.47. The fraction of sp³-hybridized carbons (Fsp3) is 0.500. The highest BCUT2D eigenvalue weighted by Crippen LogP contribution is 2.27. The van der Waals surface area contributed by atoms with Gasteiger partial charge in [0.25, 0.3) is 5.91 Å². The summed E-state index contributed by atoms with van der Waals surface area (Å²) >= 11 is 1.46. The summed E-state index contributed by atoms with van der Waals surface area (Å²) in [7, 11) is 1.84. The number of benzene rings is 1. The van der Waals surface area contributed by atoms with E-state index in [1.54, 1.807) is 0 Å². The molecular weight excluding hydrogens is 344 g/mol. The molecule has 26 heavy (non-hydrogen) atoms. The predicted molar refractivity (Wildman–Crippen MR) is 106 cm³/mol. The summed E-state index contributed by atoms with van der Waals surface area (Å²) in [5, 5.41) is 3.84. The Morgan fingerprint density at radius 2 is 1.92 bits per heavy atom. The first-order valence-electron chi connectivity index (χ1n) is 9.41. The van der Waals surface area contributed by atoms with E-state index >= 15 is 0 Å². The fourth-order valence-electron chi connectivity index (χ4n) is 4.13. The van der Waals surface area contributed by atoms with E-state index in [4.69, 9.17) is 0 Å². The SMILES string of the molecule is CNc1nc(C)c(C(=O)N2CCN([C@@H]3CCc4ccccc4C3)CC2)s1. The van der Waals surface area contributed by atoms with Crippen LogP contribution >= 0.6 is 11.3 Å². The smallest absolute Gasteiger partial charge is 0.266 e. The molecule has 2 aromatic rings. The average Bonchev–Trinajstić information content (AvgIpc) is 3.08. The number of carbonyl (C=O) groups is 1. The molecule has 1 saturated heterocycles. The summed E-state index contributed by atoms with van der Waals surface area (Å²) in [6, 6.07) is 9.44. The number of nitrogens with one attached hydrogen (secondary N) is 1. The van der Waals surface area contributed by atoms with Gasteiger partial charge < -0.3 is 10.2 Å². The first kappa shape index (κ1) is 17.5. The number of hydrogen-bond donors (Lipinski definition) is 1. The number of thiazole rings is 1. The zero-order chi connectivity index (χ0) is 18.1. The van der Waals surface area contributed by atoms with Gasteiger partial charge in [-0.25, -0.2) is 4.98 Å². The minimum Gasteiger partial charge on any atom is -0.365 e. The van der Waals surface area contributed by atoms with E-state index in [0.29, 0.717) is 6.04 Å². The quantitative estimate of drug-likeness (QED) is 0.903. The van der Waals surface area contributed by atoms with Crippen molar-refractivity contribution in [1.82, 2.24) is 14.8 Å². The number of fused-ring (bicyclic) bond motifs is 1. The maximum Gasteiger partial charge on any atom is 0.266 e. The number of carbonyl (C=O) groups excluding carboxylic acids is 1. The van der Waals surface area contributed by atoms with Crippen LogP contribution < -0.4 is 5.32 Å². The van der Waals surface area contributed by atoms with Gasteiger partial charge in [0.1, 0.15) is 4.88 Å². The van der Waals surface area contributed by atoms with Gasteiger partial charge in [0, 0.05) is 39.3 Å². The molecule has 2 heterocycles. The highest BCUT2D eigenvalue weighted by molar-refractivity contribution is 7.17. The maximum absolute atomic E-state index is 12.8. The second-order valence-corrected chi connectivity index (χ2v) is 8.18. The van der Waals surface area contributed by atoms with Gasteiger partial charge in [0.15, 0.2) is 5.13 Å². The van der Waals surface area contributed by atoms with Crippen LogP contribution in [0.15, 0.2) is 24.3 Å². The Hall–Kier alpha value is -1.92. The van der Waals surface area contributed by atoms with Gasteiger partial charge in [0.05, 0.1) is 5.69 Å². The van der Waals surface area contributed by atoms with Gasteiger partial charge >= 0.3 is 0 Å². The molecule has 2 aliphatic rings. The summed E-state index contributed by atoms with van der Waals surface area (Å²) in [4.78, 5) is 22.6. The summed E-state index contributed by atoms with van der Waals surface area (Å²) in [6.07, 6.45) is 3.54. The lowest BCUT2D eigenvalue weighted by molar-refractivity contribution is 0.0556. The lowest BCUT2D eigenvalue weighted by atomic mass is 9.87. The van der Waals surface area contributed by atoms with Gasteiger partial charge in [-0.1, -0.05) is 35.6 Å².